The lowest BCUT2D eigenvalue weighted by atomic mass is 10.1. The Balaban J connectivity index is 2.72. The number of hydroxylamine groups is 1. The third-order valence-corrected chi connectivity index (χ3v) is 1.10. The highest BCUT2D eigenvalue weighted by molar-refractivity contribution is 4.42. The maximum Gasteiger partial charge on any atom is 0.0752 e. The van der Waals surface area contributed by atoms with Gasteiger partial charge in [0.2, 0.25) is 0 Å². The lowest BCUT2D eigenvalue weighted by Crippen LogP contribution is -2.77. The predicted molar refractivity (Wildman–Crippen MR) is 34.2 cm³/mol. The summed E-state index contributed by atoms with van der Waals surface area (Å²) in [5, 5.41) is 9.79. The molecule has 2 heteroatoms. The van der Waals surface area contributed by atoms with E-state index in [1.165, 1.54) is 6.42 Å². The summed E-state index contributed by atoms with van der Waals surface area (Å²) in [6, 6.07) is 0. The van der Waals surface area contributed by atoms with Gasteiger partial charge in [-0.05, 0) is 18.8 Å². The van der Waals surface area contributed by atoms with Crippen LogP contribution in [0.5, 0.6) is 0 Å². The van der Waals surface area contributed by atoms with Gasteiger partial charge in [0.05, 0.1) is 6.54 Å². The summed E-state index contributed by atoms with van der Waals surface area (Å²) in [6.07, 6.45) is 2.24. The van der Waals surface area contributed by atoms with Gasteiger partial charge in [0.1, 0.15) is 0 Å². The second-order valence-corrected chi connectivity index (χ2v) is 2.49. The molecule has 0 aliphatic rings. The fourth-order valence-electron chi connectivity index (χ4n) is 0.609. The largest absolute Gasteiger partial charge is 0.636 e. The Bertz CT molecular complexity index is 45.8. The highest BCUT2D eigenvalue weighted by Gasteiger charge is 1.91. The van der Waals surface area contributed by atoms with Crippen LogP contribution < -0.4 is 5.48 Å². The molecule has 0 heterocycles. The molecule has 0 aromatic rings. The summed E-state index contributed by atoms with van der Waals surface area (Å²) in [4.78, 5) is 0. The molecule has 0 saturated carbocycles. The molecular weight excluding hydrogens is 102 g/mol. The molecule has 0 spiro atoms. The molecule has 0 bridgehead atoms. The summed E-state index contributed by atoms with van der Waals surface area (Å²) in [5.41, 5.74) is 0.988. The Morgan fingerprint density at radius 1 is 1.50 bits per heavy atom. The van der Waals surface area contributed by atoms with Gasteiger partial charge < -0.3 is 10.7 Å². The van der Waals surface area contributed by atoms with E-state index in [0.29, 0.717) is 0 Å². The fraction of sp³-hybridized carbons (Fsp3) is 1.00. The van der Waals surface area contributed by atoms with E-state index in [-0.39, 0.29) is 0 Å². The van der Waals surface area contributed by atoms with Crippen LogP contribution in [-0.4, -0.2) is 6.54 Å². The minimum absolute atomic E-state index is 0.734. The molecule has 0 aliphatic carbocycles. The van der Waals surface area contributed by atoms with Crippen molar-refractivity contribution >= 4 is 0 Å². The first-order valence-corrected chi connectivity index (χ1v) is 3.21. The van der Waals surface area contributed by atoms with Crippen LogP contribution in [0, 0.1) is 11.1 Å². The zero-order chi connectivity index (χ0) is 6.41. The van der Waals surface area contributed by atoms with Gasteiger partial charge in [0.15, 0.2) is 0 Å². The molecule has 0 unspecified atom stereocenters. The van der Waals surface area contributed by atoms with Crippen LogP contribution >= 0.6 is 0 Å². The van der Waals surface area contributed by atoms with Crippen LogP contribution in [0.2, 0.25) is 0 Å². The molecule has 0 saturated heterocycles. The van der Waals surface area contributed by atoms with Gasteiger partial charge in [-0.15, -0.1) is 0 Å². The maximum absolute atomic E-state index is 9.79. The highest BCUT2D eigenvalue weighted by atomic mass is 16.5. The molecule has 0 amide bonds. The van der Waals surface area contributed by atoms with Crippen molar-refractivity contribution in [2.24, 2.45) is 5.92 Å². The predicted octanol–water partition coefficient (Wildman–Crippen LogP) is 0.484. The van der Waals surface area contributed by atoms with Crippen molar-refractivity contribution in [2.45, 2.75) is 26.7 Å². The van der Waals surface area contributed by atoms with Crippen molar-refractivity contribution in [3.63, 3.8) is 0 Å². The first-order chi connectivity index (χ1) is 3.77. The van der Waals surface area contributed by atoms with Crippen LogP contribution in [0.4, 0.5) is 0 Å². The summed E-state index contributed by atoms with van der Waals surface area (Å²) in [6.45, 7) is 5.08. The van der Waals surface area contributed by atoms with Crippen molar-refractivity contribution in [1.29, 1.82) is 0 Å². The van der Waals surface area contributed by atoms with Crippen LogP contribution in [0.25, 0.3) is 0 Å². The number of nitrogens with two attached hydrogens (primary N) is 1. The van der Waals surface area contributed by atoms with E-state index in [0.717, 1.165) is 24.4 Å². The molecule has 0 aliphatic heterocycles. The standard InChI is InChI=1S/C6H15NO/c1-6(2)4-3-5-7-8/h6H,3-5,7H2,1-2H3. The Morgan fingerprint density at radius 3 is 2.50 bits per heavy atom. The van der Waals surface area contributed by atoms with Crippen LogP contribution in [-0.2, 0) is 0 Å². The molecule has 0 rings (SSSR count). The molecule has 8 heavy (non-hydrogen) atoms. The van der Waals surface area contributed by atoms with Gasteiger partial charge in [-0.1, -0.05) is 13.8 Å². The van der Waals surface area contributed by atoms with Gasteiger partial charge in [-0.3, -0.25) is 0 Å². The molecule has 2 N–H and O–H groups in total. The second kappa shape index (κ2) is 5.06. The van der Waals surface area contributed by atoms with E-state index in [1.807, 2.05) is 0 Å². The highest BCUT2D eigenvalue weighted by Crippen LogP contribution is 2.00. The zero-order valence-corrected chi connectivity index (χ0v) is 5.68. The molecule has 0 radical (unpaired) electrons. The number of hydrogen-bond donors (Lipinski definition) is 1. The number of hydrogen-bond acceptors (Lipinski definition) is 1. The van der Waals surface area contributed by atoms with Crippen LogP contribution in [0.15, 0.2) is 0 Å². The normalized spacial score (nSPS) is 10.5. The quantitative estimate of drug-likeness (QED) is 0.422. The van der Waals surface area contributed by atoms with E-state index < -0.39 is 0 Å². The van der Waals surface area contributed by atoms with Crippen molar-refractivity contribution in [3.05, 3.63) is 5.21 Å². The fourth-order valence-corrected chi connectivity index (χ4v) is 0.609. The van der Waals surface area contributed by atoms with Crippen LogP contribution in [0.3, 0.4) is 0 Å². The minimum Gasteiger partial charge on any atom is -0.636 e. The summed E-state index contributed by atoms with van der Waals surface area (Å²) >= 11 is 0. The monoisotopic (exact) mass is 117 g/mol. The van der Waals surface area contributed by atoms with E-state index in [2.05, 4.69) is 13.8 Å². The molecular formula is C6H15NO. The molecule has 50 valence electrons. The first-order valence-electron chi connectivity index (χ1n) is 3.21. The number of quaternary nitrogens is 1. The lowest BCUT2D eigenvalue weighted by Gasteiger charge is -2.03. The van der Waals surface area contributed by atoms with Crippen molar-refractivity contribution in [1.82, 2.24) is 0 Å². The van der Waals surface area contributed by atoms with Crippen LogP contribution in [0.1, 0.15) is 26.7 Å². The van der Waals surface area contributed by atoms with E-state index in [9.17, 15) is 5.21 Å². The Labute approximate surface area is 50.9 Å². The molecule has 2 nitrogen and oxygen atoms in total. The SMILES string of the molecule is CC(C)CCC[NH2+][O-]. The van der Waals surface area contributed by atoms with E-state index in [1.54, 1.807) is 0 Å². The first kappa shape index (κ1) is 7.92. The average molecular weight is 117 g/mol. The molecule has 0 atom stereocenters. The molecule has 0 aromatic heterocycles. The van der Waals surface area contributed by atoms with Gasteiger partial charge in [0.25, 0.3) is 0 Å². The molecule has 0 fully saturated rings. The van der Waals surface area contributed by atoms with Gasteiger partial charge in [-0.2, -0.15) is 0 Å². The Hall–Kier alpha value is -0.0800. The van der Waals surface area contributed by atoms with Gasteiger partial charge >= 0.3 is 0 Å². The minimum atomic E-state index is 0.734. The molecule has 0 aromatic carbocycles. The van der Waals surface area contributed by atoms with Crippen molar-refractivity contribution in [3.8, 4) is 0 Å². The zero-order valence-electron chi connectivity index (χ0n) is 5.68. The average Bonchev–Trinajstić information content (AvgIpc) is 1.66. The maximum atomic E-state index is 9.79. The third-order valence-electron chi connectivity index (χ3n) is 1.10. The van der Waals surface area contributed by atoms with Gasteiger partial charge in [0, 0.05) is 0 Å². The van der Waals surface area contributed by atoms with E-state index in [4.69, 9.17) is 0 Å². The Kier molecular flexibility index (Phi) is 5.01. The summed E-state index contributed by atoms with van der Waals surface area (Å²) < 4.78 is 0. The van der Waals surface area contributed by atoms with Crippen molar-refractivity contribution in [2.75, 3.05) is 6.54 Å². The summed E-state index contributed by atoms with van der Waals surface area (Å²) in [5.74, 6) is 0.745. The van der Waals surface area contributed by atoms with Gasteiger partial charge in [-0.25, -0.2) is 0 Å². The Morgan fingerprint density at radius 2 is 2.12 bits per heavy atom. The van der Waals surface area contributed by atoms with E-state index >= 15 is 0 Å². The summed E-state index contributed by atoms with van der Waals surface area (Å²) in [7, 11) is 0. The topological polar surface area (TPSA) is 39.7 Å². The third kappa shape index (κ3) is 5.92. The number of rotatable bonds is 4. The second-order valence-electron chi connectivity index (χ2n) is 2.49. The smallest absolute Gasteiger partial charge is 0.0752 e. The van der Waals surface area contributed by atoms with Crippen molar-refractivity contribution < 1.29 is 5.48 Å². The lowest BCUT2D eigenvalue weighted by molar-refractivity contribution is -0.589.